The smallest absolute Gasteiger partial charge is 0.450 e. The standard InChI is InChI=1S/C33H27F3O5/c1-2-3-4-7-19-39-23-15-13-22(14-16-23)32(38)40-24-17-18-27-28(20-24)41-31(33(34,35)36)29(30(27)37)26-12-8-10-21-9-5-6-11-25(21)26/h5-6,8-18,20H,2-4,7,19H2,1H3. The molecule has 0 bridgehead atoms. The maximum atomic E-state index is 14.2. The summed E-state index contributed by atoms with van der Waals surface area (Å²) in [6, 6.07) is 21.8. The van der Waals surface area contributed by atoms with Crippen molar-refractivity contribution in [1.82, 2.24) is 0 Å². The maximum Gasteiger partial charge on any atom is 0.450 e. The van der Waals surface area contributed by atoms with Gasteiger partial charge >= 0.3 is 12.1 Å². The minimum Gasteiger partial charge on any atom is -0.494 e. The number of halogens is 3. The third kappa shape index (κ3) is 6.11. The molecule has 5 rings (SSSR count). The number of alkyl halides is 3. The van der Waals surface area contributed by atoms with Gasteiger partial charge in [-0.3, -0.25) is 4.79 Å². The van der Waals surface area contributed by atoms with Crippen LogP contribution < -0.4 is 14.9 Å². The molecular weight excluding hydrogens is 533 g/mol. The van der Waals surface area contributed by atoms with Gasteiger partial charge in [-0.1, -0.05) is 68.7 Å². The van der Waals surface area contributed by atoms with Crippen LogP contribution in [0.2, 0.25) is 0 Å². The summed E-state index contributed by atoms with van der Waals surface area (Å²) in [4.78, 5) is 26.2. The van der Waals surface area contributed by atoms with Gasteiger partial charge < -0.3 is 13.9 Å². The van der Waals surface area contributed by atoms with Gasteiger partial charge in [0.1, 0.15) is 17.1 Å². The second-order valence-corrected chi connectivity index (χ2v) is 9.64. The summed E-state index contributed by atoms with van der Waals surface area (Å²) in [6.07, 6.45) is -0.645. The molecule has 0 unspecified atom stereocenters. The Morgan fingerprint density at radius 2 is 1.56 bits per heavy atom. The fraction of sp³-hybridized carbons (Fsp3) is 0.212. The monoisotopic (exact) mass is 560 g/mol. The van der Waals surface area contributed by atoms with E-state index < -0.39 is 28.9 Å². The first-order valence-electron chi connectivity index (χ1n) is 13.4. The molecule has 41 heavy (non-hydrogen) atoms. The number of hydrogen-bond acceptors (Lipinski definition) is 5. The van der Waals surface area contributed by atoms with E-state index in [9.17, 15) is 22.8 Å². The molecule has 0 radical (unpaired) electrons. The topological polar surface area (TPSA) is 65.7 Å². The van der Waals surface area contributed by atoms with Crippen molar-refractivity contribution in [3.8, 4) is 22.6 Å². The quantitative estimate of drug-likeness (QED) is 0.102. The Morgan fingerprint density at radius 1 is 0.829 bits per heavy atom. The van der Waals surface area contributed by atoms with Crippen molar-refractivity contribution in [3.63, 3.8) is 0 Å². The predicted molar refractivity (Wildman–Crippen MR) is 151 cm³/mol. The number of carbonyl (C=O) groups excluding carboxylic acids is 1. The van der Waals surface area contributed by atoms with Gasteiger partial charge in [0.25, 0.3) is 0 Å². The Hall–Kier alpha value is -4.59. The first kappa shape index (κ1) is 28.0. The third-order valence-electron chi connectivity index (χ3n) is 6.75. The normalized spacial score (nSPS) is 11.6. The average molecular weight is 561 g/mol. The second-order valence-electron chi connectivity index (χ2n) is 9.64. The number of ether oxygens (including phenoxy) is 2. The molecule has 0 saturated carbocycles. The van der Waals surface area contributed by atoms with Crippen LogP contribution in [0.15, 0.2) is 94.1 Å². The van der Waals surface area contributed by atoms with Gasteiger partial charge in [-0.2, -0.15) is 13.2 Å². The Balaban J connectivity index is 1.43. The van der Waals surface area contributed by atoms with Crippen LogP contribution in [-0.2, 0) is 6.18 Å². The number of unbranched alkanes of at least 4 members (excludes halogenated alkanes) is 3. The summed E-state index contributed by atoms with van der Waals surface area (Å²) in [7, 11) is 0. The van der Waals surface area contributed by atoms with Crippen LogP contribution in [0.4, 0.5) is 13.2 Å². The molecule has 8 heteroatoms. The highest BCUT2D eigenvalue weighted by molar-refractivity contribution is 5.99. The van der Waals surface area contributed by atoms with Crippen LogP contribution in [0.5, 0.6) is 11.5 Å². The van der Waals surface area contributed by atoms with Crippen molar-refractivity contribution in [2.24, 2.45) is 0 Å². The average Bonchev–Trinajstić information content (AvgIpc) is 2.96. The lowest BCUT2D eigenvalue weighted by atomic mass is 9.96. The summed E-state index contributed by atoms with van der Waals surface area (Å²) in [6.45, 7) is 2.71. The molecule has 0 N–H and O–H groups in total. The Labute approximate surface area is 234 Å². The zero-order valence-corrected chi connectivity index (χ0v) is 22.3. The molecular formula is C33H27F3O5. The lowest BCUT2D eigenvalue weighted by molar-refractivity contribution is -0.152. The summed E-state index contributed by atoms with van der Waals surface area (Å²) < 4.78 is 59.0. The minimum absolute atomic E-state index is 0.0621. The molecule has 1 aromatic heterocycles. The predicted octanol–water partition coefficient (Wildman–Crippen LogP) is 8.81. The van der Waals surface area contributed by atoms with Crippen LogP contribution in [0.25, 0.3) is 32.9 Å². The summed E-state index contributed by atoms with van der Waals surface area (Å²) in [5, 5.41) is 1.11. The molecule has 0 saturated heterocycles. The summed E-state index contributed by atoms with van der Waals surface area (Å²) in [5.74, 6) is -1.58. The fourth-order valence-corrected chi connectivity index (χ4v) is 4.70. The van der Waals surface area contributed by atoms with E-state index in [4.69, 9.17) is 13.9 Å². The molecule has 0 amide bonds. The molecule has 0 aliphatic rings. The molecule has 1 heterocycles. The highest BCUT2D eigenvalue weighted by Gasteiger charge is 2.39. The van der Waals surface area contributed by atoms with Crippen LogP contribution in [0, 0.1) is 0 Å². The number of hydrogen-bond donors (Lipinski definition) is 0. The number of esters is 1. The van der Waals surface area contributed by atoms with E-state index >= 15 is 0 Å². The van der Waals surface area contributed by atoms with E-state index in [2.05, 4.69) is 6.92 Å². The van der Waals surface area contributed by atoms with Gasteiger partial charge in [0.15, 0.2) is 0 Å². The van der Waals surface area contributed by atoms with Crippen molar-refractivity contribution in [1.29, 1.82) is 0 Å². The molecule has 0 aliphatic heterocycles. The van der Waals surface area contributed by atoms with Gasteiger partial charge in [-0.25, -0.2) is 4.79 Å². The molecule has 4 aromatic carbocycles. The highest BCUT2D eigenvalue weighted by atomic mass is 19.4. The van der Waals surface area contributed by atoms with Crippen LogP contribution in [-0.4, -0.2) is 12.6 Å². The first-order chi connectivity index (χ1) is 19.8. The van der Waals surface area contributed by atoms with Crippen molar-refractivity contribution in [2.45, 2.75) is 38.8 Å². The molecule has 0 fully saturated rings. The van der Waals surface area contributed by atoms with Crippen LogP contribution in [0.1, 0.15) is 48.7 Å². The van der Waals surface area contributed by atoms with Gasteiger partial charge in [0.2, 0.25) is 11.2 Å². The zero-order chi connectivity index (χ0) is 29.0. The first-order valence-corrected chi connectivity index (χ1v) is 13.4. The van der Waals surface area contributed by atoms with Crippen LogP contribution in [0.3, 0.4) is 0 Å². The van der Waals surface area contributed by atoms with Crippen LogP contribution >= 0.6 is 0 Å². The van der Waals surface area contributed by atoms with Crippen molar-refractivity contribution in [3.05, 3.63) is 106 Å². The summed E-state index contributed by atoms with van der Waals surface area (Å²) in [5.41, 5.74) is -1.40. The Morgan fingerprint density at radius 3 is 2.32 bits per heavy atom. The number of fused-ring (bicyclic) bond motifs is 2. The molecule has 5 aromatic rings. The Kier molecular flexibility index (Phi) is 8.10. The van der Waals surface area contributed by atoms with Crippen molar-refractivity contribution >= 4 is 27.7 Å². The van der Waals surface area contributed by atoms with E-state index in [1.54, 1.807) is 60.7 Å². The zero-order valence-electron chi connectivity index (χ0n) is 22.3. The van der Waals surface area contributed by atoms with E-state index in [0.717, 1.165) is 31.7 Å². The van der Waals surface area contributed by atoms with Gasteiger partial charge in [-0.15, -0.1) is 0 Å². The van der Waals surface area contributed by atoms with E-state index in [-0.39, 0.29) is 27.8 Å². The van der Waals surface area contributed by atoms with E-state index in [0.29, 0.717) is 23.1 Å². The molecule has 0 atom stereocenters. The van der Waals surface area contributed by atoms with Crippen molar-refractivity contribution < 1.29 is 31.9 Å². The fourth-order valence-electron chi connectivity index (χ4n) is 4.70. The van der Waals surface area contributed by atoms with E-state index in [1.807, 2.05) is 0 Å². The largest absolute Gasteiger partial charge is 0.494 e. The second kappa shape index (κ2) is 11.9. The van der Waals surface area contributed by atoms with E-state index in [1.165, 1.54) is 18.2 Å². The lowest BCUT2D eigenvalue weighted by Crippen LogP contribution is -2.16. The van der Waals surface area contributed by atoms with Crippen molar-refractivity contribution in [2.75, 3.05) is 6.61 Å². The van der Waals surface area contributed by atoms with Gasteiger partial charge in [-0.05, 0) is 59.2 Å². The SMILES string of the molecule is CCCCCCOc1ccc(C(=O)Oc2ccc3c(=O)c(-c4cccc5ccccc45)c(C(F)(F)F)oc3c2)cc1. The highest BCUT2D eigenvalue weighted by Crippen LogP contribution is 2.40. The molecule has 5 nitrogen and oxygen atoms in total. The number of carbonyl (C=O) groups is 1. The molecule has 0 spiro atoms. The van der Waals surface area contributed by atoms with Gasteiger partial charge in [0, 0.05) is 6.07 Å². The summed E-state index contributed by atoms with van der Waals surface area (Å²) >= 11 is 0. The molecule has 210 valence electrons. The third-order valence-corrected chi connectivity index (χ3v) is 6.75. The Bertz CT molecular complexity index is 1750. The lowest BCUT2D eigenvalue weighted by Gasteiger charge is -2.14. The van der Waals surface area contributed by atoms with Gasteiger partial charge in [0.05, 0.1) is 23.1 Å². The maximum absolute atomic E-state index is 14.2. The number of benzene rings is 4. The molecule has 0 aliphatic carbocycles. The minimum atomic E-state index is -4.95. The number of rotatable bonds is 9.